The predicted octanol–water partition coefficient (Wildman–Crippen LogP) is 5.00. The Morgan fingerprint density at radius 1 is 0.903 bits per heavy atom. The number of nitrogens with one attached hydrogen (secondary N) is 2. The van der Waals surface area contributed by atoms with E-state index in [4.69, 9.17) is 9.47 Å². The van der Waals surface area contributed by atoms with Crippen LogP contribution in [0.2, 0.25) is 0 Å². The quantitative estimate of drug-likeness (QED) is 0.507. The van der Waals surface area contributed by atoms with E-state index < -0.39 is 0 Å². The van der Waals surface area contributed by atoms with Gasteiger partial charge in [-0.2, -0.15) is 0 Å². The minimum absolute atomic E-state index is 0.325. The Morgan fingerprint density at radius 3 is 2.35 bits per heavy atom. The Hall–Kier alpha value is -4.06. The lowest BCUT2D eigenvalue weighted by atomic mass is 10.1. The topological polar surface area (TPSA) is 76.7 Å². The maximum atomic E-state index is 12.8. The van der Waals surface area contributed by atoms with E-state index in [0.717, 1.165) is 11.3 Å². The molecule has 0 aliphatic heterocycles. The molecule has 0 aliphatic rings. The van der Waals surface area contributed by atoms with Crippen LogP contribution >= 0.6 is 0 Å². The zero-order chi connectivity index (χ0) is 22.1. The molecule has 2 amide bonds. The second-order valence-corrected chi connectivity index (χ2v) is 6.52. The highest BCUT2D eigenvalue weighted by Crippen LogP contribution is 2.21. The summed E-state index contributed by atoms with van der Waals surface area (Å²) in [5.74, 6) is 0.720. The summed E-state index contributed by atoms with van der Waals surface area (Å²) in [6.07, 6.45) is 3.07. The fourth-order valence-electron chi connectivity index (χ4n) is 2.93. The number of rotatable bonds is 8. The monoisotopic (exact) mass is 416 g/mol. The summed E-state index contributed by atoms with van der Waals surface area (Å²) < 4.78 is 10.7. The molecule has 3 aromatic rings. The number of hydrogen-bond acceptors (Lipinski definition) is 4. The molecule has 0 saturated heterocycles. The van der Waals surface area contributed by atoms with Gasteiger partial charge in [0.1, 0.15) is 11.5 Å². The number of carbonyl (C=O) groups is 2. The maximum Gasteiger partial charge on any atom is 0.257 e. The lowest BCUT2D eigenvalue weighted by Gasteiger charge is -2.11. The van der Waals surface area contributed by atoms with Crippen LogP contribution < -0.4 is 20.1 Å². The molecule has 31 heavy (non-hydrogen) atoms. The van der Waals surface area contributed by atoms with Crippen molar-refractivity contribution in [3.8, 4) is 11.5 Å². The van der Waals surface area contributed by atoms with Gasteiger partial charge in [-0.05, 0) is 55.5 Å². The van der Waals surface area contributed by atoms with Gasteiger partial charge in [0.05, 0.1) is 25.0 Å². The first kappa shape index (κ1) is 21.6. The minimum Gasteiger partial charge on any atom is -0.496 e. The molecular formula is C25H24N2O4. The fourth-order valence-corrected chi connectivity index (χ4v) is 2.93. The lowest BCUT2D eigenvalue weighted by Crippen LogP contribution is -2.17. The molecule has 0 radical (unpaired) electrons. The van der Waals surface area contributed by atoms with Crippen LogP contribution in [0.5, 0.6) is 11.5 Å². The highest BCUT2D eigenvalue weighted by molar-refractivity contribution is 6.11. The average Bonchev–Trinajstić information content (AvgIpc) is 2.79. The molecule has 0 bridgehead atoms. The molecule has 6 nitrogen and oxygen atoms in total. The van der Waals surface area contributed by atoms with Gasteiger partial charge >= 0.3 is 0 Å². The lowest BCUT2D eigenvalue weighted by molar-refractivity contribution is -0.111. The van der Waals surface area contributed by atoms with E-state index in [2.05, 4.69) is 10.6 Å². The molecule has 0 unspecified atom stereocenters. The van der Waals surface area contributed by atoms with Crippen LogP contribution in [-0.4, -0.2) is 25.5 Å². The van der Waals surface area contributed by atoms with Gasteiger partial charge in [-0.1, -0.05) is 30.3 Å². The summed E-state index contributed by atoms with van der Waals surface area (Å²) in [6, 6.07) is 21.3. The number of benzene rings is 3. The zero-order valence-electron chi connectivity index (χ0n) is 17.4. The first-order chi connectivity index (χ1) is 15.1. The number of carbonyl (C=O) groups excluding carboxylic acids is 2. The Balaban J connectivity index is 1.70. The van der Waals surface area contributed by atoms with Crippen LogP contribution in [0.1, 0.15) is 22.8 Å². The first-order valence-corrected chi connectivity index (χ1v) is 9.86. The molecule has 2 N–H and O–H groups in total. The van der Waals surface area contributed by atoms with Crippen molar-refractivity contribution in [2.75, 3.05) is 24.4 Å². The number of hydrogen-bond donors (Lipinski definition) is 2. The Bertz CT molecular complexity index is 1070. The van der Waals surface area contributed by atoms with Crippen molar-refractivity contribution in [3.63, 3.8) is 0 Å². The Morgan fingerprint density at radius 2 is 1.61 bits per heavy atom. The van der Waals surface area contributed by atoms with Gasteiger partial charge in [0.2, 0.25) is 5.91 Å². The van der Waals surface area contributed by atoms with Crippen molar-refractivity contribution in [2.45, 2.75) is 6.92 Å². The minimum atomic E-state index is -0.354. The summed E-state index contributed by atoms with van der Waals surface area (Å²) in [4.78, 5) is 25.2. The zero-order valence-corrected chi connectivity index (χ0v) is 17.4. The Labute approximate surface area is 181 Å². The van der Waals surface area contributed by atoms with Crippen molar-refractivity contribution < 1.29 is 19.1 Å². The Kier molecular flexibility index (Phi) is 7.43. The highest BCUT2D eigenvalue weighted by atomic mass is 16.5. The van der Waals surface area contributed by atoms with E-state index >= 15 is 0 Å². The first-order valence-electron chi connectivity index (χ1n) is 9.86. The van der Waals surface area contributed by atoms with Crippen molar-refractivity contribution in [3.05, 3.63) is 90.0 Å². The van der Waals surface area contributed by atoms with E-state index in [1.54, 1.807) is 61.7 Å². The van der Waals surface area contributed by atoms with Crippen LogP contribution in [0.25, 0.3) is 6.08 Å². The molecule has 3 aromatic carbocycles. The van der Waals surface area contributed by atoms with Gasteiger partial charge < -0.3 is 20.1 Å². The summed E-state index contributed by atoms with van der Waals surface area (Å²) in [5.41, 5.74) is 2.18. The second-order valence-electron chi connectivity index (χ2n) is 6.52. The normalized spacial score (nSPS) is 10.5. The molecule has 0 atom stereocenters. The van der Waals surface area contributed by atoms with Crippen LogP contribution in [-0.2, 0) is 4.79 Å². The number of anilines is 2. The van der Waals surface area contributed by atoms with E-state index in [1.807, 2.05) is 31.2 Å². The maximum absolute atomic E-state index is 12.8. The number of ether oxygens (including phenoxy) is 2. The number of methoxy groups -OCH3 is 1. The third kappa shape index (κ3) is 5.96. The van der Waals surface area contributed by atoms with Crippen molar-refractivity contribution in [1.29, 1.82) is 0 Å². The molecule has 3 rings (SSSR count). The van der Waals surface area contributed by atoms with E-state index in [0.29, 0.717) is 29.3 Å². The molecule has 6 heteroatoms. The van der Waals surface area contributed by atoms with Crippen molar-refractivity contribution in [2.24, 2.45) is 0 Å². The largest absolute Gasteiger partial charge is 0.496 e. The third-order valence-corrected chi connectivity index (χ3v) is 4.41. The SMILES string of the molecule is CCOc1ccc(NC(=O)c2ccccc2NC(=O)/C=C/c2ccccc2OC)cc1. The van der Waals surface area contributed by atoms with E-state index in [-0.39, 0.29) is 11.8 Å². The third-order valence-electron chi connectivity index (χ3n) is 4.41. The summed E-state index contributed by atoms with van der Waals surface area (Å²) in [5, 5.41) is 5.60. The number of amides is 2. The molecule has 0 spiro atoms. The predicted molar refractivity (Wildman–Crippen MR) is 123 cm³/mol. The van der Waals surface area contributed by atoms with E-state index in [1.165, 1.54) is 6.08 Å². The number of para-hydroxylation sites is 2. The van der Waals surface area contributed by atoms with Gasteiger partial charge in [0.25, 0.3) is 5.91 Å². The summed E-state index contributed by atoms with van der Waals surface area (Å²) in [7, 11) is 1.58. The van der Waals surface area contributed by atoms with Gasteiger partial charge in [-0.3, -0.25) is 9.59 Å². The van der Waals surface area contributed by atoms with Gasteiger partial charge in [0.15, 0.2) is 0 Å². The summed E-state index contributed by atoms with van der Waals surface area (Å²) >= 11 is 0. The van der Waals surface area contributed by atoms with Crippen LogP contribution in [0.3, 0.4) is 0 Å². The van der Waals surface area contributed by atoms with Crippen molar-refractivity contribution >= 4 is 29.3 Å². The van der Waals surface area contributed by atoms with Crippen LogP contribution in [0.4, 0.5) is 11.4 Å². The van der Waals surface area contributed by atoms with Crippen molar-refractivity contribution in [1.82, 2.24) is 0 Å². The smallest absolute Gasteiger partial charge is 0.257 e. The molecule has 0 aliphatic carbocycles. The fraction of sp³-hybridized carbons (Fsp3) is 0.120. The van der Waals surface area contributed by atoms with Crippen LogP contribution in [0, 0.1) is 0 Å². The molecule has 158 valence electrons. The molecular weight excluding hydrogens is 392 g/mol. The molecule has 0 heterocycles. The molecule has 0 saturated carbocycles. The second kappa shape index (κ2) is 10.6. The van der Waals surface area contributed by atoms with Gasteiger partial charge in [-0.25, -0.2) is 0 Å². The van der Waals surface area contributed by atoms with Gasteiger partial charge in [-0.15, -0.1) is 0 Å². The molecule has 0 aromatic heterocycles. The van der Waals surface area contributed by atoms with E-state index in [9.17, 15) is 9.59 Å². The van der Waals surface area contributed by atoms with Gasteiger partial charge in [0, 0.05) is 17.3 Å². The average molecular weight is 416 g/mol. The standard InChI is InChI=1S/C25H24N2O4/c1-3-31-20-15-13-19(14-16-20)26-25(29)21-9-5-6-10-22(21)27-24(28)17-12-18-8-4-7-11-23(18)30-2/h4-17H,3H2,1-2H3,(H,26,29)(H,27,28)/b17-12+. The molecule has 0 fully saturated rings. The van der Waals surface area contributed by atoms with Crippen LogP contribution in [0.15, 0.2) is 78.9 Å². The highest BCUT2D eigenvalue weighted by Gasteiger charge is 2.13. The summed E-state index contributed by atoms with van der Waals surface area (Å²) in [6.45, 7) is 2.48.